The summed E-state index contributed by atoms with van der Waals surface area (Å²) in [4.78, 5) is 12.6. The van der Waals surface area contributed by atoms with Gasteiger partial charge in [0.05, 0.1) is 5.56 Å². The van der Waals surface area contributed by atoms with Crippen LogP contribution in [0.25, 0.3) is 0 Å². The van der Waals surface area contributed by atoms with E-state index in [0.717, 1.165) is 147 Å². The zero-order valence-electron chi connectivity index (χ0n) is 36.6. The topological polar surface area (TPSA) is 100 Å². The molecule has 4 aromatic carbocycles. The van der Waals surface area contributed by atoms with Gasteiger partial charge >= 0.3 is 5.97 Å². The summed E-state index contributed by atoms with van der Waals surface area (Å²) in [7, 11) is 0. The summed E-state index contributed by atoms with van der Waals surface area (Å²) < 4.78 is 59.9. The first kappa shape index (κ1) is 44.4. The molecule has 5 aliphatic rings. The van der Waals surface area contributed by atoms with Crippen LogP contribution in [0.1, 0.15) is 176 Å². The van der Waals surface area contributed by atoms with Crippen LogP contribution in [-0.4, -0.2) is 33.1 Å². The van der Waals surface area contributed by atoms with E-state index in [1.165, 1.54) is 6.92 Å². The van der Waals surface area contributed by atoms with Gasteiger partial charge in [0.15, 0.2) is 0 Å². The molecule has 10 nitrogen and oxygen atoms in total. The Morgan fingerprint density at radius 1 is 0.444 bits per heavy atom. The van der Waals surface area contributed by atoms with Gasteiger partial charge in [-0.2, -0.15) is 0 Å². The second kappa shape index (κ2) is 19.0. The fourth-order valence-corrected chi connectivity index (χ4v) is 12.3. The van der Waals surface area contributed by atoms with Gasteiger partial charge in [-0.3, -0.25) is 4.79 Å². The molecule has 4 atom stereocenters. The molecule has 336 valence electrons. The Kier molecular flexibility index (Phi) is 13.4. The normalized spacial score (nSPS) is 19.7. The molecule has 0 fully saturated rings. The van der Waals surface area contributed by atoms with Crippen molar-refractivity contribution in [3.8, 4) is 46.0 Å². The number of rotatable bonds is 13. The van der Waals surface area contributed by atoms with Crippen molar-refractivity contribution in [3.63, 3.8) is 0 Å². The highest BCUT2D eigenvalue weighted by atomic mass is 79.9. The summed E-state index contributed by atoms with van der Waals surface area (Å²) >= 11 is 11.7. The van der Waals surface area contributed by atoms with E-state index in [9.17, 15) is 4.79 Å². The molecule has 4 heterocycles. The fraction of sp³-hybridized carbons (Fsp3) is 0.500. The molecule has 0 aromatic heterocycles. The molecule has 0 amide bonds. The van der Waals surface area contributed by atoms with Crippen molar-refractivity contribution in [1.82, 2.24) is 0 Å². The zero-order valence-corrected chi connectivity index (χ0v) is 41.4. The van der Waals surface area contributed by atoms with Crippen molar-refractivity contribution in [1.29, 1.82) is 0 Å². The molecule has 0 radical (unpaired) electrons. The lowest BCUT2D eigenvalue weighted by Gasteiger charge is -2.37. The number of alkyl halides is 3. The van der Waals surface area contributed by atoms with Crippen LogP contribution in [-0.2, 0) is 32.1 Å². The number of carbonyl (C=O) groups is 1. The average molecular weight is 1060 g/mol. The summed E-state index contributed by atoms with van der Waals surface area (Å²) in [5, 5.41) is 1.49. The van der Waals surface area contributed by atoms with Crippen LogP contribution in [0.4, 0.5) is 0 Å². The predicted molar refractivity (Wildman–Crippen MR) is 251 cm³/mol. The predicted octanol–water partition coefficient (Wildman–Crippen LogP) is 13.4. The number of ether oxygens (including phenoxy) is 9. The second-order valence-electron chi connectivity index (χ2n) is 16.9. The number of esters is 1. The third-order valence-corrected chi connectivity index (χ3v) is 15.0. The molecule has 63 heavy (non-hydrogen) atoms. The smallest absolute Gasteiger partial charge is 0.302 e. The van der Waals surface area contributed by atoms with Gasteiger partial charge in [0.25, 0.3) is 0 Å². The largest absolute Gasteiger partial charge is 0.461 e. The van der Waals surface area contributed by atoms with Gasteiger partial charge in [-0.05, 0) is 49.9 Å². The number of benzene rings is 4. The van der Waals surface area contributed by atoms with Gasteiger partial charge in [0, 0.05) is 108 Å². The highest BCUT2D eigenvalue weighted by Crippen LogP contribution is 2.58. The molecule has 0 spiro atoms. The third kappa shape index (κ3) is 7.63. The van der Waals surface area contributed by atoms with Crippen LogP contribution in [0.3, 0.4) is 0 Å². The van der Waals surface area contributed by atoms with E-state index in [4.69, 9.17) is 42.6 Å². The standard InChI is InChI=1S/C50H55Br3O10/c1-6-10-27-31-14-32-28(11-7-2)34-16-36-30(13-9-4)38-17-37-29(12-8-3)35-15-33(27)45-40(19-52)47(35)60-24-62-49(37)42(21-55-26(5)54)50(38)63-25-61-48(36)41(20-53)46(34)59-23-57-44(32)39(18-51)43(31)56-22-58-45/h14-17,27-30H,6-13,18-25H2,1-5H3. The molecular weight excluding hydrogens is 1000 g/mol. The summed E-state index contributed by atoms with van der Waals surface area (Å²) in [6.45, 7) is 10.1. The minimum absolute atomic E-state index is 0.00290. The van der Waals surface area contributed by atoms with Gasteiger partial charge in [0.1, 0.15) is 52.6 Å². The van der Waals surface area contributed by atoms with E-state index >= 15 is 0 Å². The fourth-order valence-electron chi connectivity index (χ4n) is 10.8. The second-order valence-corrected chi connectivity index (χ2v) is 18.6. The van der Waals surface area contributed by atoms with E-state index in [1.54, 1.807) is 0 Å². The Labute approximate surface area is 395 Å². The number of halogens is 3. The summed E-state index contributed by atoms with van der Waals surface area (Å²) in [6.07, 6.45) is 6.91. The summed E-state index contributed by atoms with van der Waals surface area (Å²) in [6, 6.07) is 9.40. The molecule has 8 bridgehead atoms. The van der Waals surface area contributed by atoms with E-state index in [1.807, 2.05) is 0 Å². The maximum absolute atomic E-state index is 12.6. The van der Waals surface area contributed by atoms with E-state index in [0.29, 0.717) is 33.1 Å². The Balaban J connectivity index is 1.50. The van der Waals surface area contributed by atoms with Crippen LogP contribution in [0.2, 0.25) is 0 Å². The molecule has 0 N–H and O–H groups in total. The summed E-state index contributed by atoms with van der Waals surface area (Å²) in [5.74, 6) is 4.88. The molecular formula is C50H55Br3O10. The highest BCUT2D eigenvalue weighted by Gasteiger charge is 2.41. The minimum Gasteiger partial charge on any atom is -0.461 e. The minimum atomic E-state index is -0.394. The lowest BCUT2D eigenvalue weighted by molar-refractivity contribution is -0.142. The lowest BCUT2D eigenvalue weighted by atomic mass is 9.74. The molecule has 4 aromatic rings. The zero-order chi connectivity index (χ0) is 43.9. The average Bonchev–Trinajstić information content (AvgIpc) is 3.26. The van der Waals surface area contributed by atoms with Crippen LogP contribution in [0.15, 0.2) is 24.3 Å². The molecule has 9 rings (SSSR count). The van der Waals surface area contributed by atoms with E-state index in [-0.39, 0.29) is 57.5 Å². The SMILES string of the molecule is CCCC1c2cc3c4c(CBr)c2OCOc2c1cc1c(c2CBr)OCOc2c(cc5c(c2COC(C)=O)OCOc2c(cc(c(c2CBr)OCO4)C3CCC)C5CCC)C1CCC. The Morgan fingerprint density at radius 2 is 0.667 bits per heavy atom. The van der Waals surface area contributed by atoms with Gasteiger partial charge < -0.3 is 42.6 Å². The monoisotopic (exact) mass is 1050 g/mol. The van der Waals surface area contributed by atoms with Crippen molar-refractivity contribution in [2.45, 2.75) is 132 Å². The number of carbonyl (C=O) groups excluding carboxylic acids is 1. The van der Waals surface area contributed by atoms with Crippen molar-refractivity contribution < 1.29 is 47.4 Å². The van der Waals surface area contributed by atoms with Crippen LogP contribution in [0.5, 0.6) is 46.0 Å². The third-order valence-electron chi connectivity index (χ3n) is 13.3. The first-order valence-corrected chi connectivity index (χ1v) is 25.8. The molecule has 0 saturated heterocycles. The van der Waals surface area contributed by atoms with Crippen molar-refractivity contribution in [3.05, 3.63) is 91.0 Å². The molecule has 13 heteroatoms. The Morgan fingerprint density at radius 3 is 0.857 bits per heavy atom. The van der Waals surface area contributed by atoms with Crippen LogP contribution in [0, 0.1) is 0 Å². The maximum Gasteiger partial charge on any atom is 0.302 e. The van der Waals surface area contributed by atoms with Crippen LogP contribution < -0.4 is 37.9 Å². The van der Waals surface area contributed by atoms with Crippen LogP contribution >= 0.6 is 47.8 Å². The summed E-state index contributed by atoms with van der Waals surface area (Å²) in [5.41, 5.74) is 12.0. The van der Waals surface area contributed by atoms with E-state index < -0.39 is 5.97 Å². The van der Waals surface area contributed by atoms with E-state index in [2.05, 4.69) is 99.8 Å². The highest BCUT2D eigenvalue weighted by molar-refractivity contribution is 9.09. The number of hydrogen-bond acceptors (Lipinski definition) is 10. The van der Waals surface area contributed by atoms with Crippen molar-refractivity contribution >= 4 is 53.8 Å². The van der Waals surface area contributed by atoms with Gasteiger partial charge in [-0.1, -0.05) is 101 Å². The van der Waals surface area contributed by atoms with Gasteiger partial charge in [-0.15, -0.1) is 0 Å². The molecule has 0 saturated carbocycles. The quantitative estimate of drug-likeness (QED) is 0.0950. The molecule has 4 aliphatic heterocycles. The van der Waals surface area contributed by atoms with Crippen molar-refractivity contribution in [2.24, 2.45) is 0 Å². The maximum atomic E-state index is 12.6. The lowest BCUT2D eigenvalue weighted by Crippen LogP contribution is -2.25. The van der Waals surface area contributed by atoms with Gasteiger partial charge in [-0.25, -0.2) is 0 Å². The Hall–Kier alpha value is -3.81. The molecule has 1 aliphatic carbocycles. The first-order valence-electron chi connectivity index (χ1n) is 22.4. The molecule has 4 unspecified atom stereocenters. The van der Waals surface area contributed by atoms with Crippen molar-refractivity contribution in [2.75, 3.05) is 27.2 Å². The number of hydrogen-bond donors (Lipinski definition) is 0. The first-order chi connectivity index (χ1) is 30.8. The van der Waals surface area contributed by atoms with Gasteiger partial charge in [0.2, 0.25) is 27.2 Å². The Bertz CT molecular complexity index is 2270.